The molecule has 0 saturated heterocycles. The predicted octanol–water partition coefficient (Wildman–Crippen LogP) is 2.03. The average molecular weight is 271 g/mol. The summed E-state index contributed by atoms with van der Waals surface area (Å²) in [6.45, 7) is 0. The summed E-state index contributed by atoms with van der Waals surface area (Å²) in [5.74, 6) is 0.333. The van der Waals surface area contributed by atoms with Gasteiger partial charge in [0.15, 0.2) is 14.9 Å². The Bertz CT molecular complexity index is 623. The molecule has 0 aliphatic carbocycles. The molecule has 0 saturated carbocycles. The molecule has 90 valence electrons. The zero-order valence-corrected chi connectivity index (χ0v) is 10.6. The van der Waals surface area contributed by atoms with Gasteiger partial charge in [0.1, 0.15) is 6.33 Å². The van der Waals surface area contributed by atoms with Gasteiger partial charge >= 0.3 is 0 Å². The maximum absolute atomic E-state index is 12.1. The Morgan fingerprint density at radius 2 is 1.94 bits per heavy atom. The van der Waals surface area contributed by atoms with Crippen LogP contribution in [0.4, 0.5) is 0 Å². The smallest absolute Gasteiger partial charge is 0.196 e. The van der Waals surface area contributed by atoms with Gasteiger partial charge in [-0.1, -0.05) is 12.1 Å². The lowest BCUT2D eigenvalue weighted by Crippen LogP contribution is -2.10. The van der Waals surface area contributed by atoms with Gasteiger partial charge in [-0.15, -0.1) is 11.6 Å². The van der Waals surface area contributed by atoms with Crippen LogP contribution in [0, 0.1) is 0 Å². The molecule has 1 heterocycles. The minimum absolute atomic E-state index is 0.0114. The van der Waals surface area contributed by atoms with Crippen LogP contribution >= 0.6 is 11.6 Å². The Hall–Kier alpha value is -1.20. The fourth-order valence-corrected chi connectivity index (χ4v) is 3.29. The average Bonchev–Trinajstić information content (AvgIpc) is 2.36. The molecule has 1 aromatic carbocycles. The Morgan fingerprint density at radius 3 is 2.71 bits per heavy atom. The number of benzene rings is 1. The van der Waals surface area contributed by atoms with Gasteiger partial charge in [0.25, 0.3) is 0 Å². The van der Waals surface area contributed by atoms with Gasteiger partial charge in [-0.05, 0) is 18.6 Å². The van der Waals surface area contributed by atoms with E-state index >= 15 is 0 Å². The second kappa shape index (κ2) is 4.98. The summed E-state index contributed by atoms with van der Waals surface area (Å²) in [6.07, 6.45) is 1.69. The Labute approximate surface area is 105 Å². The largest absolute Gasteiger partial charge is 0.236 e. The third-order valence-electron chi connectivity index (χ3n) is 2.35. The highest BCUT2D eigenvalue weighted by Crippen LogP contribution is 2.20. The monoisotopic (exact) mass is 270 g/mol. The number of hydrogen-bond acceptors (Lipinski definition) is 4. The molecular formula is C11H11ClN2O2S. The van der Waals surface area contributed by atoms with E-state index in [1.165, 1.54) is 6.33 Å². The fraction of sp³-hybridized carbons (Fsp3) is 0.273. The third kappa shape index (κ3) is 2.56. The number of para-hydroxylation sites is 1. The number of alkyl halides is 1. The summed E-state index contributed by atoms with van der Waals surface area (Å²) in [5, 5.41) is 0.651. The van der Waals surface area contributed by atoms with Crippen molar-refractivity contribution in [2.75, 3.05) is 11.6 Å². The highest BCUT2D eigenvalue weighted by molar-refractivity contribution is 7.91. The van der Waals surface area contributed by atoms with Crippen LogP contribution in [0.2, 0.25) is 0 Å². The molecule has 0 bridgehead atoms. The SMILES string of the molecule is O=S(=O)(CCCCl)c1ncnc2ccccc12. The van der Waals surface area contributed by atoms with E-state index < -0.39 is 9.84 Å². The van der Waals surface area contributed by atoms with E-state index in [1.54, 1.807) is 18.2 Å². The van der Waals surface area contributed by atoms with Crippen molar-refractivity contribution in [1.29, 1.82) is 0 Å². The van der Waals surface area contributed by atoms with Crippen LogP contribution in [0.3, 0.4) is 0 Å². The zero-order valence-electron chi connectivity index (χ0n) is 9.01. The van der Waals surface area contributed by atoms with Gasteiger partial charge in [-0.25, -0.2) is 18.4 Å². The number of nitrogens with zero attached hydrogens (tertiary/aromatic N) is 2. The minimum Gasteiger partial charge on any atom is -0.236 e. The van der Waals surface area contributed by atoms with E-state index in [4.69, 9.17) is 11.6 Å². The first-order chi connectivity index (χ1) is 8.15. The van der Waals surface area contributed by atoms with E-state index in [2.05, 4.69) is 9.97 Å². The van der Waals surface area contributed by atoms with Gasteiger partial charge in [-0.3, -0.25) is 0 Å². The van der Waals surface area contributed by atoms with E-state index in [0.717, 1.165) is 0 Å². The molecule has 0 amide bonds. The van der Waals surface area contributed by atoms with Gasteiger partial charge in [0.05, 0.1) is 11.3 Å². The summed E-state index contributed by atoms with van der Waals surface area (Å²) in [4.78, 5) is 7.92. The highest BCUT2D eigenvalue weighted by Gasteiger charge is 2.18. The Kier molecular flexibility index (Phi) is 3.59. The summed E-state index contributed by atoms with van der Waals surface area (Å²) < 4.78 is 24.1. The van der Waals surface area contributed by atoms with Gasteiger partial charge < -0.3 is 0 Å². The lowest BCUT2D eigenvalue weighted by Gasteiger charge is -2.05. The molecule has 0 unspecified atom stereocenters. The third-order valence-corrected chi connectivity index (χ3v) is 4.36. The molecule has 0 N–H and O–H groups in total. The normalized spacial score (nSPS) is 11.8. The molecule has 4 nitrogen and oxygen atoms in total. The molecule has 0 atom stereocenters. The summed E-state index contributed by atoms with van der Waals surface area (Å²) in [7, 11) is -3.38. The summed E-state index contributed by atoms with van der Waals surface area (Å²) >= 11 is 5.52. The zero-order chi connectivity index (χ0) is 12.3. The van der Waals surface area contributed by atoms with Gasteiger partial charge in [0.2, 0.25) is 0 Å². The maximum Gasteiger partial charge on any atom is 0.196 e. The standard InChI is InChI=1S/C11H11ClN2O2S/c12-6-3-7-17(15,16)11-9-4-1-2-5-10(9)13-8-14-11/h1-2,4-5,8H,3,6-7H2. The molecule has 2 aromatic rings. The second-order valence-electron chi connectivity index (χ2n) is 3.56. The van der Waals surface area contributed by atoms with Crippen LogP contribution in [-0.2, 0) is 9.84 Å². The molecule has 0 spiro atoms. The van der Waals surface area contributed by atoms with Crippen LogP contribution in [0.25, 0.3) is 10.9 Å². The van der Waals surface area contributed by atoms with E-state index in [9.17, 15) is 8.42 Å². The lowest BCUT2D eigenvalue weighted by molar-refractivity contribution is 0.592. The van der Waals surface area contributed by atoms with E-state index in [1.807, 2.05) is 6.07 Å². The molecule has 6 heteroatoms. The van der Waals surface area contributed by atoms with Crippen molar-refractivity contribution in [2.24, 2.45) is 0 Å². The first kappa shape index (κ1) is 12.3. The van der Waals surface area contributed by atoms with Crippen LogP contribution in [0.1, 0.15) is 6.42 Å². The molecule has 0 aliphatic heterocycles. The molecule has 0 aliphatic rings. The molecule has 2 rings (SSSR count). The molecule has 1 aromatic heterocycles. The van der Waals surface area contributed by atoms with Crippen molar-refractivity contribution in [2.45, 2.75) is 11.4 Å². The summed E-state index contributed by atoms with van der Waals surface area (Å²) in [6, 6.07) is 7.05. The Balaban J connectivity index is 2.55. The maximum atomic E-state index is 12.1. The van der Waals surface area contributed by atoms with Gasteiger partial charge in [-0.2, -0.15) is 0 Å². The lowest BCUT2D eigenvalue weighted by atomic mass is 10.2. The number of fused-ring (bicyclic) bond motifs is 1. The van der Waals surface area contributed by atoms with Crippen molar-refractivity contribution in [3.05, 3.63) is 30.6 Å². The Morgan fingerprint density at radius 1 is 1.18 bits per heavy atom. The van der Waals surface area contributed by atoms with Crippen LogP contribution in [0.5, 0.6) is 0 Å². The van der Waals surface area contributed by atoms with Gasteiger partial charge in [0, 0.05) is 11.3 Å². The number of halogens is 1. The van der Waals surface area contributed by atoms with E-state index in [-0.39, 0.29) is 10.8 Å². The van der Waals surface area contributed by atoms with Crippen molar-refractivity contribution in [3.8, 4) is 0 Å². The topological polar surface area (TPSA) is 59.9 Å². The molecular weight excluding hydrogens is 260 g/mol. The van der Waals surface area contributed by atoms with E-state index in [0.29, 0.717) is 23.2 Å². The second-order valence-corrected chi connectivity index (χ2v) is 5.96. The molecule has 0 fully saturated rings. The van der Waals surface area contributed by atoms with Crippen LogP contribution in [0.15, 0.2) is 35.6 Å². The van der Waals surface area contributed by atoms with Crippen molar-refractivity contribution < 1.29 is 8.42 Å². The number of rotatable bonds is 4. The highest BCUT2D eigenvalue weighted by atomic mass is 35.5. The fourth-order valence-electron chi connectivity index (χ4n) is 1.57. The van der Waals surface area contributed by atoms with Crippen LogP contribution < -0.4 is 0 Å². The number of hydrogen-bond donors (Lipinski definition) is 0. The van der Waals surface area contributed by atoms with Crippen molar-refractivity contribution in [3.63, 3.8) is 0 Å². The van der Waals surface area contributed by atoms with Crippen molar-refractivity contribution >= 4 is 32.3 Å². The number of sulfone groups is 1. The molecule has 0 radical (unpaired) electrons. The minimum atomic E-state index is -3.38. The number of aromatic nitrogens is 2. The van der Waals surface area contributed by atoms with Crippen LogP contribution in [-0.4, -0.2) is 30.0 Å². The predicted molar refractivity (Wildman–Crippen MR) is 66.9 cm³/mol. The summed E-state index contributed by atoms with van der Waals surface area (Å²) in [5.41, 5.74) is 0.631. The molecule has 17 heavy (non-hydrogen) atoms. The van der Waals surface area contributed by atoms with Crippen molar-refractivity contribution in [1.82, 2.24) is 9.97 Å². The quantitative estimate of drug-likeness (QED) is 0.630. The first-order valence-corrected chi connectivity index (χ1v) is 7.32. The first-order valence-electron chi connectivity index (χ1n) is 5.13.